The lowest BCUT2D eigenvalue weighted by molar-refractivity contribution is 0.102. The number of nitrogens with one attached hydrogen (secondary N) is 1. The van der Waals surface area contributed by atoms with Crippen molar-refractivity contribution in [2.75, 3.05) is 5.32 Å². The van der Waals surface area contributed by atoms with Crippen molar-refractivity contribution in [1.82, 2.24) is 0 Å². The highest BCUT2D eigenvalue weighted by atomic mass is 19.1. The quantitative estimate of drug-likeness (QED) is 0.874. The van der Waals surface area contributed by atoms with Gasteiger partial charge in [-0.15, -0.1) is 0 Å². The number of amides is 1. The molecule has 0 heterocycles. The number of hydrogen-bond acceptors (Lipinski definition) is 1. The number of carbonyl (C=O) groups is 1. The van der Waals surface area contributed by atoms with E-state index in [4.69, 9.17) is 0 Å². The van der Waals surface area contributed by atoms with E-state index in [1.54, 1.807) is 26.0 Å². The number of anilines is 1. The predicted octanol–water partition coefficient (Wildman–Crippen LogP) is 3.83. The molecule has 0 radical (unpaired) electrons. The van der Waals surface area contributed by atoms with Gasteiger partial charge in [0.25, 0.3) is 5.91 Å². The Balaban J connectivity index is 2.25. The van der Waals surface area contributed by atoms with Crippen LogP contribution >= 0.6 is 0 Å². The summed E-state index contributed by atoms with van der Waals surface area (Å²) in [5.74, 6) is -1.63. The van der Waals surface area contributed by atoms with Crippen LogP contribution in [0.3, 0.4) is 0 Å². The maximum Gasteiger partial charge on any atom is 0.258 e. The monoisotopic (exact) mass is 261 g/mol. The van der Waals surface area contributed by atoms with Gasteiger partial charge in [-0.3, -0.25) is 4.79 Å². The smallest absolute Gasteiger partial charge is 0.258 e. The number of hydrogen-bond donors (Lipinski definition) is 1. The minimum Gasteiger partial charge on any atom is -0.322 e. The van der Waals surface area contributed by atoms with Gasteiger partial charge in [-0.1, -0.05) is 6.07 Å². The van der Waals surface area contributed by atoms with E-state index in [-0.39, 0.29) is 5.56 Å². The molecule has 0 spiro atoms. The summed E-state index contributed by atoms with van der Waals surface area (Å²) in [6.07, 6.45) is 0. The molecule has 2 nitrogen and oxygen atoms in total. The van der Waals surface area contributed by atoms with E-state index >= 15 is 0 Å². The second-order valence-electron chi connectivity index (χ2n) is 4.45. The Morgan fingerprint density at radius 2 is 1.74 bits per heavy atom. The Kier molecular flexibility index (Phi) is 3.60. The van der Waals surface area contributed by atoms with Crippen molar-refractivity contribution in [2.45, 2.75) is 13.8 Å². The third-order valence-corrected chi connectivity index (χ3v) is 2.67. The van der Waals surface area contributed by atoms with Gasteiger partial charge in [0.05, 0.1) is 5.56 Å². The fourth-order valence-electron chi connectivity index (χ4n) is 1.81. The highest BCUT2D eigenvalue weighted by Gasteiger charge is 2.12. The average molecular weight is 261 g/mol. The van der Waals surface area contributed by atoms with Gasteiger partial charge >= 0.3 is 0 Å². The lowest BCUT2D eigenvalue weighted by Gasteiger charge is -2.07. The summed E-state index contributed by atoms with van der Waals surface area (Å²) in [4.78, 5) is 11.9. The molecule has 19 heavy (non-hydrogen) atoms. The highest BCUT2D eigenvalue weighted by Crippen LogP contribution is 2.16. The maximum atomic E-state index is 13.6. The summed E-state index contributed by atoms with van der Waals surface area (Å²) < 4.78 is 26.8. The molecule has 98 valence electrons. The van der Waals surface area contributed by atoms with E-state index in [2.05, 4.69) is 5.32 Å². The Hall–Kier alpha value is -2.23. The van der Waals surface area contributed by atoms with Crippen LogP contribution in [0.25, 0.3) is 0 Å². The van der Waals surface area contributed by atoms with Crippen molar-refractivity contribution in [3.8, 4) is 0 Å². The fourth-order valence-corrected chi connectivity index (χ4v) is 1.81. The zero-order chi connectivity index (χ0) is 14.0. The molecule has 0 bridgehead atoms. The van der Waals surface area contributed by atoms with Gasteiger partial charge in [-0.2, -0.15) is 0 Å². The third kappa shape index (κ3) is 3.16. The molecule has 0 aliphatic heterocycles. The molecule has 0 saturated carbocycles. The molecule has 0 aromatic heterocycles. The first-order valence-electron chi connectivity index (χ1n) is 5.80. The summed E-state index contributed by atoms with van der Waals surface area (Å²) >= 11 is 0. The fraction of sp³-hybridized carbons (Fsp3) is 0.133. The minimum atomic E-state index is -0.595. The molecule has 2 aromatic rings. The largest absolute Gasteiger partial charge is 0.322 e. The molecule has 1 amide bonds. The van der Waals surface area contributed by atoms with Crippen molar-refractivity contribution in [2.24, 2.45) is 0 Å². The lowest BCUT2D eigenvalue weighted by Crippen LogP contribution is -2.14. The summed E-state index contributed by atoms with van der Waals surface area (Å²) in [5, 5.41) is 2.48. The molecule has 0 unspecified atom stereocenters. The Morgan fingerprint density at radius 3 is 2.37 bits per heavy atom. The van der Waals surface area contributed by atoms with Crippen LogP contribution in [-0.2, 0) is 0 Å². The molecule has 4 heteroatoms. The van der Waals surface area contributed by atoms with E-state index in [1.807, 2.05) is 0 Å². The van der Waals surface area contributed by atoms with Gasteiger partial charge in [0.2, 0.25) is 0 Å². The molecule has 0 aliphatic carbocycles. The Bertz CT molecular complexity index is 618. The molecule has 0 atom stereocenters. The Morgan fingerprint density at radius 1 is 1.00 bits per heavy atom. The zero-order valence-electron chi connectivity index (χ0n) is 10.6. The molecular weight excluding hydrogens is 248 g/mol. The second-order valence-corrected chi connectivity index (χ2v) is 4.45. The van der Waals surface area contributed by atoms with Crippen molar-refractivity contribution in [3.05, 3.63) is 64.7 Å². The molecule has 2 rings (SSSR count). The second kappa shape index (κ2) is 5.18. The first-order chi connectivity index (χ1) is 8.95. The highest BCUT2D eigenvalue weighted by molar-refractivity contribution is 6.04. The van der Waals surface area contributed by atoms with E-state index < -0.39 is 17.5 Å². The topological polar surface area (TPSA) is 29.1 Å². The SMILES string of the molecule is Cc1cc(F)cc(NC(=O)c2ccc(C)cc2F)c1. The standard InChI is InChI=1S/C15H13F2NO/c1-9-3-4-13(14(17)7-9)15(19)18-12-6-10(2)5-11(16)8-12/h3-8H,1-2H3,(H,18,19). The molecule has 0 saturated heterocycles. The van der Waals surface area contributed by atoms with Crippen LogP contribution in [0.5, 0.6) is 0 Å². The van der Waals surface area contributed by atoms with E-state index in [0.29, 0.717) is 11.3 Å². The Labute approximate surface area is 110 Å². The third-order valence-electron chi connectivity index (χ3n) is 2.67. The van der Waals surface area contributed by atoms with Crippen LogP contribution in [0.1, 0.15) is 21.5 Å². The summed E-state index contributed by atoms with van der Waals surface area (Å²) in [6.45, 7) is 3.45. The van der Waals surface area contributed by atoms with Crippen LogP contribution in [0, 0.1) is 25.5 Å². The first kappa shape index (κ1) is 13.2. The molecule has 2 aromatic carbocycles. The van der Waals surface area contributed by atoms with Crippen molar-refractivity contribution >= 4 is 11.6 Å². The van der Waals surface area contributed by atoms with Crippen LogP contribution in [-0.4, -0.2) is 5.91 Å². The lowest BCUT2D eigenvalue weighted by atomic mass is 10.1. The normalized spacial score (nSPS) is 10.3. The van der Waals surface area contributed by atoms with Gasteiger partial charge in [-0.25, -0.2) is 8.78 Å². The van der Waals surface area contributed by atoms with Crippen LogP contribution in [0.4, 0.5) is 14.5 Å². The predicted molar refractivity (Wildman–Crippen MR) is 70.2 cm³/mol. The minimum absolute atomic E-state index is 0.0625. The maximum absolute atomic E-state index is 13.6. The summed E-state index contributed by atoms with van der Waals surface area (Å²) in [6, 6.07) is 8.50. The first-order valence-corrected chi connectivity index (χ1v) is 5.80. The van der Waals surface area contributed by atoms with Crippen molar-refractivity contribution in [1.29, 1.82) is 0 Å². The van der Waals surface area contributed by atoms with Gasteiger partial charge in [0, 0.05) is 5.69 Å². The van der Waals surface area contributed by atoms with Gasteiger partial charge in [0.1, 0.15) is 11.6 Å². The van der Waals surface area contributed by atoms with E-state index in [9.17, 15) is 13.6 Å². The molecular formula is C15H13F2NO. The van der Waals surface area contributed by atoms with Crippen LogP contribution < -0.4 is 5.32 Å². The van der Waals surface area contributed by atoms with Crippen molar-refractivity contribution in [3.63, 3.8) is 0 Å². The zero-order valence-corrected chi connectivity index (χ0v) is 10.6. The average Bonchev–Trinajstić information content (AvgIpc) is 2.26. The summed E-state index contributed by atoms with van der Waals surface area (Å²) in [5.41, 5.74) is 1.66. The number of benzene rings is 2. The number of carbonyl (C=O) groups excluding carboxylic acids is 1. The van der Waals surface area contributed by atoms with E-state index in [0.717, 1.165) is 5.56 Å². The molecule has 1 N–H and O–H groups in total. The summed E-state index contributed by atoms with van der Waals surface area (Å²) in [7, 11) is 0. The molecule has 0 aliphatic rings. The van der Waals surface area contributed by atoms with Gasteiger partial charge in [-0.05, 0) is 55.3 Å². The van der Waals surface area contributed by atoms with Crippen molar-refractivity contribution < 1.29 is 13.6 Å². The molecule has 0 fully saturated rings. The number of rotatable bonds is 2. The number of aryl methyl sites for hydroxylation is 2. The van der Waals surface area contributed by atoms with Gasteiger partial charge < -0.3 is 5.32 Å². The van der Waals surface area contributed by atoms with Crippen LogP contribution in [0.2, 0.25) is 0 Å². The van der Waals surface area contributed by atoms with Crippen LogP contribution in [0.15, 0.2) is 36.4 Å². The van der Waals surface area contributed by atoms with E-state index in [1.165, 1.54) is 24.3 Å². The van der Waals surface area contributed by atoms with Gasteiger partial charge in [0.15, 0.2) is 0 Å². The number of halogens is 2.